The van der Waals surface area contributed by atoms with Gasteiger partial charge in [-0.05, 0) is 86.1 Å². The van der Waals surface area contributed by atoms with E-state index in [9.17, 15) is 23.3 Å². The van der Waals surface area contributed by atoms with E-state index >= 15 is 0 Å². The lowest BCUT2D eigenvalue weighted by Gasteiger charge is -2.56. The van der Waals surface area contributed by atoms with Gasteiger partial charge < -0.3 is 15.2 Å². The van der Waals surface area contributed by atoms with E-state index in [4.69, 9.17) is 15.2 Å². The van der Waals surface area contributed by atoms with Gasteiger partial charge in [0.25, 0.3) is 0 Å². The molecule has 11 heteroatoms. The van der Waals surface area contributed by atoms with Crippen LogP contribution in [-0.4, -0.2) is 40.1 Å². The third-order valence-corrected chi connectivity index (χ3v) is 11.0. The summed E-state index contributed by atoms with van der Waals surface area (Å²) in [6, 6.07) is 16.7. The molecule has 0 spiro atoms. The maximum atomic E-state index is 13.6. The fraction of sp³-hybridized carbons (Fsp3) is 0.406. The molecule has 3 N–H and O–H groups in total. The summed E-state index contributed by atoms with van der Waals surface area (Å²) in [5.41, 5.74) is 6.67. The molecule has 1 unspecified atom stereocenters. The van der Waals surface area contributed by atoms with Crippen molar-refractivity contribution >= 4 is 27.6 Å². The van der Waals surface area contributed by atoms with Gasteiger partial charge in [-0.1, -0.05) is 30.3 Å². The molecule has 0 amide bonds. The predicted molar refractivity (Wildman–Crippen MR) is 157 cm³/mol. The number of nitrogens with one attached hydrogen (secondary N) is 1. The second-order valence-corrected chi connectivity index (χ2v) is 13.8. The van der Waals surface area contributed by atoms with Gasteiger partial charge in [0.05, 0.1) is 42.2 Å². The molecule has 0 radical (unpaired) electrons. The first kappa shape index (κ1) is 29.0. The first-order valence-corrected chi connectivity index (χ1v) is 15.9. The Hall–Kier alpha value is -4.14. The number of esters is 2. The molecule has 7 rings (SSSR count). The molecule has 4 saturated carbocycles. The average molecular weight is 603 g/mol. The highest BCUT2D eigenvalue weighted by Gasteiger charge is 2.52. The Kier molecular flexibility index (Phi) is 7.30. The lowest BCUT2D eigenvalue weighted by molar-refractivity contribution is -0.139. The van der Waals surface area contributed by atoms with Crippen LogP contribution in [0.5, 0.6) is 0 Å². The van der Waals surface area contributed by atoms with Crippen molar-refractivity contribution in [2.45, 2.75) is 54.9 Å². The number of anilines is 1. The van der Waals surface area contributed by atoms with Crippen molar-refractivity contribution in [2.24, 2.45) is 23.5 Å². The highest BCUT2D eigenvalue weighted by Crippen LogP contribution is 2.56. The summed E-state index contributed by atoms with van der Waals surface area (Å²) in [6.45, 7) is 0. The van der Waals surface area contributed by atoms with Crippen molar-refractivity contribution in [3.05, 3.63) is 82.8 Å². The molecule has 43 heavy (non-hydrogen) atoms. The summed E-state index contributed by atoms with van der Waals surface area (Å²) < 4.78 is 40.4. The molecule has 2 aromatic carbocycles. The summed E-state index contributed by atoms with van der Waals surface area (Å²) in [5, 5.41) is 10.2. The molecule has 224 valence electrons. The van der Waals surface area contributed by atoms with E-state index in [1.807, 2.05) is 0 Å². The molecule has 0 aromatic heterocycles. The number of nitrogens with two attached hydrogens (primary N) is 1. The zero-order valence-electron chi connectivity index (χ0n) is 24.1. The smallest absolute Gasteiger partial charge is 0.355 e. The van der Waals surface area contributed by atoms with Crippen LogP contribution < -0.4 is 15.4 Å². The molecule has 2 aromatic rings. The molecular formula is C32H34N4O6S. The van der Waals surface area contributed by atoms with E-state index in [-0.39, 0.29) is 33.2 Å². The third-order valence-electron chi connectivity index (χ3n) is 9.40. The third kappa shape index (κ3) is 4.98. The van der Waals surface area contributed by atoms with Gasteiger partial charge >= 0.3 is 11.9 Å². The summed E-state index contributed by atoms with van der Waals surface area (Å²) in [6.07, 6.45) is 6.19. The van der Waals surface area contributed by atoms with Crippen molar-refractivity contribution in [1.82, 2.24) is 4.72 Å². The van der Waals surface area contributed by atoms with Crippen LogP contribution in [0.25, 0.3) is 0 Å². The number of allylic oxidation sites excluding steroid dienone is 1. The van der Waals surface area contributed by atoms with Crippen LogP contribution >= 0.6 is 0 Å². The fourth-order valence-corrected chi connectivity index (χ4v) is 9.57. The van der Waals surface area contributed by atoms with E-state index < -0.39 is 33.4 Å². The molecular weight excluding hydrogens is 568 g/mol. The predicted octanol–water partition coefficient (Wildman–Crippen LogP) is 3.83. The summed E-state index contributed by atoms with van der Waals surface area (Å²) in [4.78, 5) is 27.8. The molecule has 4 bridgehead atoms. The van der Waals surface area contributed by atoms with Crippen molar-refractivity contribution in [2.75, 3.05) is 19.1 Å². The van der Waals surface area contributed by atoms with Crippen LogP contribution in [0.1, 0.15) is 50.0 Å². The molecule has 4 aliphatic carbocycles. The zero-order chi connectivity index (χ0) is 30.5. The SMILES string of the molecule is COC(=O)C1=C(C(=O)OC)N(c2ccc(S(=O)(=O)NC34CC5CC(CC(C5)C3)C4)cc2)C(N)=C(C#N)C1c1ccccc1. The normalized spacial score (nSPS) is 28.1. The van der Waals surface area contributed by atoms with E-state index in [0.29, 0.717) is 23.3 Å². The average Bonchev–Trinajstić information content (AvgIpc) is 2.99. The Morgan fingerprint density at radius 3 is 2.00 bits per heavy atom. The number of hydrogen-bond donors (Lipinski definition) is 2. The van der Waals surface area contributed by atoms with Crippen molar-refractivity contribution in [3.8, 4) is 6.07 Å². The van der Waals surface area contributed by atoms with E-state index in [2.05, 4.69) is 10.8 Å². The Morgan fingerprint density at radius 2 is 1.49 bits per heavy atom. The Bertz CT molecular complexity index is 1640. The minimum absolute atomic E-state index is 0.0273. The van der Waals surface area contributed by atoms with E-state index in [1.165, 1.54) is 62.6 Å². The minimum atomic E-state index is -3.85. The molecule has 1 aliphatic heterocycles. The quantitative estimate of drug-likeness (QED) is 0.451. The first-order valence-electron chi connectivity index (χ1n) is 14.4. The number of methoxy groups -OCH3 is 2. The highest BCUT2D eigenvalue weighted by atomic mass is 32.2. The van der Waals surface area contributed by atoms with E-state index in [1.54, 1.807) is 30.3 Å². The Morgan fingerprint density at radius 1 is 0.930 bits per heavy atom. The maximum absolute atomic E-state index is 13.6. The largest absolute Gasteiger partial charge is 0.466 e. The molecule has 5 aliphatic rings. The Balaban J connectivity index is 1.40. The number of benzene rings is 2. The van der Waals surface area contributed by atoms with Crippen LogP contribution in [0, 0.1) is 29.1 Å². The minimum Gasteiger partial charge on any atom is -0.466 e. The molecule has 1 atom stereocenters. The van der Waals surface area contributed by atoms with Gasteiger partial charge in [0, 0.05) is 11.2 Å². The van der Waals surface area contributed by atoms with Gasteiger partial charge in [0.15, 0.2) is 0 Å². The zero-order valence-corrected chi connectivity index (χ0v) is 24.9. The van der Waals surface area contributed by atoms with Crippen LogP contribution in [0.4, 0.5) is 5.69 Å². The van der Waals surface area contributed by atoms with Gasteiger partial charge in [-0.25, -0.2) is 22.7 Å². The second-order valence-electron chi connectivity index (χ2n) is 12.1. The van der Waals surface area contributed by atoms with Crippen LogP contribution in [0.2, 0.25) is 0 Å². The van der Waals surface area contributed by atoms with Gasteiger partial charge in [0.1, 0.15) is 11.5 Å². The first-order chi connectivity index (χ1) is 20.6. The maximum Gasteiger partial charge on any atom is 0.355 e. The topological polar surface area (TPSA) is 152 Å². The molecule has 1 heterocycles. The number of nitrogens with zero attached hydrogens (tertiary/aromatic N) is 2. The van der Waals surface area contributed by atoms with Crippen LogP contribution in [-0.2, 0) is 29.1 Å². The van der Waals surface area contributed by atoms with Gasteiger partial charge in [0.2, 0.25) is 10.0 Å². The summed E-state index contributed by atoms with van der Waals surface area (Å²) in [5.74, 6) is -1.06. The number of rotatable bonds is 7. The van der Waals surface area contributed by atoms with Crippen LogP contribution in [0.3, 0.4) is 0 Å². The second kappa shape index (κ2) is 10.8. The van der Waals surface area contributed by atoms with Crippen molar-refractivity contribution < 1.29 is 27.5 Å². The lowest BCUT2D eigenvalue weighted by atomic mass is 9.53. The monoisotopic (exact) mass is 602 g/mol. The van der Waals surface area contributed by atoms with Gasteiger partial charge in [-0.3, -0.25) is 4.90 Å². The van der Waals surface area contributed by atoms with E-state index in [0.717, 1.165) is 19.3 Å². The summed E-state index contributed by atoms with van der Waals surface area (Å²) >= 11 is 0. The number of carbonyl (C=O) groups is 2. The number of ether oxygens (including phenoxy) is 2. The standard InChI is InChI=1S/C32H34N4O6S/c1-41-30(37)27-26(22-6-4-3-5-7-22)25(18-33)29(34)36(28(27)31(38)42-2)23-8-10-24(11-9-23)43(39,40)35-32-15-19-12-20(16-32)14-21(13-19)17-32/h3-11,19-21,26,35H,12-17,34H2,1-2H3. The fourth-order valence-electron chi connectivity index (χ4n) is 8.14. The number of sulfonamides is 1. The number of carbonyl (C=O) groups excluding carboxylic acids is 2. The van der Waals surface area contributed by atoms with Gasteiger partial charge in [-0.2, -0.15) is 5.26 Å². The van der Waals surface area contributed by atoms with Crippen LogP contribution in [0.15, 0.2) is 82.2 Å². The molecule has 0 saturated heterocycles. The van der Waals surface area contributed by atoms with Crippen molar-refractivity contribution in [3.63, 3.8) is 0 Å². The lowest BCUT2D eigenvalue weighted by Crippen LogP contribution is -2.59. The highest BCUT2D eigenvalue weighted by molar-refractivity contribution is 7.89. The molecule has 10 nitrogen and oxygen atoms in total. The number of nitriles is 1. The van der Waals surface area contributed by atoms with Crippen molar-refractivity contribution in [1.29, 1.82) is 5.26 Å². The molecule has 4 fully saturated rings. The number of hydrogen-bond acceptors (Lipinski definition) is 9. The van der Waals surface area contributed by atoms with Gasteiger partial charge in [-0.15, -0.1) is 0 Å². The Labute approximate surface area is 251 Å². The summed E-state index contributed by atoms with van der Waals surface area (Å²) in [7, 11) is -1.50.